The zero-order valence-electron chi connectivity index (χ0n) is 12.3. The molecular formula is C18H25NS. The summed E-state index contributed by atoms with van der Waals surface area (Å²) < 4.78 is 0. The topological polar surface area (TPSA) is 3.24 Å². The summed E-state index contributed by atoms with van der Waals surface area (Å²) >= 11 is 2.11. The standard InChI is InChI=1S/C18H25NS/c1-2-6-17-15(5-1)13-16(20-17)14-19-11-9-18(10-12-19)7-3-4-8-18/h1-2,5-6,16H,3-4,7-14H2. The molecule has 1 aromatic rings. The number of piperidine rings is 1. The molecule has 2 aliphatic heterocycles. The van der Waals surface area contributed by atoms with Gasteiger partial charge in [0, 0.05) is 16.7 Å². The van der Waals surface area contributed by atoms with Gasteiger partial charge >= 0.3 is 0 Å². The number of rotatable bonds is 2. The Kier molecular flexibility index (Phi) is 3.55. The van der Waals surface area contributed by atoms with Crippen LogP contribution in [0, 0.1) is 5.41 Å². The van der Waals surface area contributed by atoms with Crippen molar-refractivity contribution in [2.45, 2.75) is 55.1 Å². The van der Waals surface area contributed by atoms with Crippen molar-refractivity contribution in [3.63, 3.8) is 0 Å². The van der Waals surface area contributed by atoms with E-state index < -0.39 is 0 Å². The van der Waals surface area contributed by atoms with Crippen LogP contribution in [0.5, 0.6) is 0 Å². The number of hydrogen-bond acceptors (Lipinski definition) is 2. The molecule has 0 aromatic heterocycles. The van der Waals surface area contributed by atoms with Crippen LogP contribution < -0.4 is 0 Å². The molecule has 2 heterocycles. The molecule has 0 radical (unpaired) electrons. The molecule has 1 aromatic carbocycles. The fourth-order valence-electron chi connectivity index (χ4n) is 4.48. The first-order valence-corrected chi connectivity index (χ1v) is 9.18. The second kappa shape index (κ2) is 5.38. The molecule has 0 N–H and O–H groups in total. The molecule has 3 aliphatic rings. The van der Waals surface area contributed by atoms with Gasteiger partial charge < -0.3 is 4.90 Å². The van der Waals surface area contributed by atoms with Crippen molar-refractivity contribution < 1.29 is 0 Å². The lowest BCUT2D eigenvalue weighted by molar-refractivity contribution is 0.109. The zero-order chi connectivity index (χ0) is 13.4. The van der Waals surface area contributed by atoms with Crippen LogP contribution in [0.1, 0.15) is 44.1 Å². The molecule has 1 spiro atoms. The largest absolute Gasteiger partial charge is 0.302 e. The molecule has 2 fully saturated rings. The van der Waals surface area contributed by atoms with Crippen molar-refractivity contribution in [3.8, 4) is 0 Å². The summed E-state index contributed by atoms with van der Waals surface area (Å²) in [6.45, 7) is 4.01. The monoisotopic (exact) mass is 287 g/mol. The molecule has 2 heteroatoms. The lowest BCUT2D eigenvalue weighted by Gasteiger charge is -2.40. The Bertz CT molecular complexity index is 443. The molecule has 0 bridgehead atoms. The molecular weight excluding hydrogens is 262 g/mol. The van der Waals surface area contributed by atoms with Gasteiger partial charge in [0.1, 0.15) is 0 Å². The van der Waals surface area contributed by atoms with Crippen LogP contribution in [0.25, 0.3) is 0 Å². The smallest absolute Gasteiger partial charge is 0.0263 e. The molecule has 1 nitrogen and oxygen atoms in total. The Morgan fingerprint density at radius 1 is 1.05 bits per heavy atom. The first kappa shape index (κ1) is 13.2. The van der Waals surface area contributed by atoms with Crippen LogP contribution in [0.4, 0.5) is 0 Å². The maximum Gasteiger partial charge on any atom is 0.0263 e. The maximum atomic E-state index is 2.74. The third-order valence-corrected chi connectivity index (χ3v) is 7.06. The predicted octanol–water partition coefficient (Wildman–Crippen LogP) is 4.36. The third-order valence-electron chi connectivity index (χ3n) is 5.76. The first-order valence-electron chi connectivity index (χ1n) is 8.30. The van der Waals surface area contributed by atoms with E-state index in [1.54, 1.807) is 5.56 Å². The maximum absolute atomic E-state index is 2.74. The van der Waals surface area contributed by atoms with Crippen LogP contribution in [-0.2, 0) is 6.42 Å². The minimum Gasteiger partial charge on any atom is -0.302 e. The molecule has 1 atom stereocenters. The quantitative estimate of drug-likeness (QED) is 0.795. The summed E-state index contributed by atoms with van der Waals surface area (Å²) in [5.41, 5.74) is 2.34. The number of nitrogens with zero attached hydrogens (tertiary/aromatic N) is 1. The summed E-state index contributed by atoms with van der Waals surface area (Å²) in [6.07, 6.45) is 10.2. The van der Waals surface area contributed by atoms with Gasteiger partial charge in [0.2, 0.25) is 0 Å². The highest BCUT2D eigenvalue weighted by Crippen LogP contribution is 2.46. The number of fused-ring (bicyclic) bond motifs is 1. The fourth-order valence-corrected chi connectivity index (χ4v) is 5.85. The van der Waals surface area contributed by atoms with E-state index in [4.69, 9.17) is 0 Å². The highest BCUT2D eigenvalue weighted by Gasteiger charge is 2.37. The van der Waals surface area contributed by atoms with Crippen LogP contribution in [-0.4, -0.2) is 29.8 Å². The Morgan fingerprint density at radius 3 is 2.55 bits per heavy atom. The van der Waals surface area contributed by atoms with Gasteiger partial charge in [-0.15, -0.1) is 11.8 Å². The van der Waals surface area contributed by atoms with E-state index in [-0.39, 0.29) is 0 Å². The summed E-state index contributed by atoms with van der Waals surface area (Å²) in [7, 11) is 0. The summed E-state index contributed by atoms with van der Waals surface area (Å²) in [4.78, 5) is 4.27. The van der Waals surface area contributed by atoms with Gasteiger partial charge in [-0.25, -0.2) is 0 Å². The average molecular weight is 287 g/mol. The summed E-state index contributed by atoms with van der Waals surface area (Å²) in [5.74, 6) is 0. The van der Waals surface area contributed by atoms with Gasteiger partial charge in [-0.05, 0) is 62.2 Å². The lowest BCUT2D eigenvalue weighted by Crippen LogP contribution is -2.41. The normalized spacial score (nSPS) is 28.9. The van der Waals surface area contributed by atoms with Crippen molar-refractivity contribution in [2.75, 3.05) is 19.6 Å². The van der Waals surface area contributed by atoms with Crippen LogP contribution in [0.3, 0.4) is 0 Å². The Labute approximate surface area is 127 Å². The molecule has 1 saturated heterocycles. The van der Waals surface area contributed by atoms with Crippen molar-refractivity contribution in [3.05, 3.63) is 29.8 Å². The highest BCUT2D eigenvalue weighted by molar-refractivity contribution is 8.00. The van der Waals surface area contributed by atoms with Gasteiger partial charge in [-0.1, -0.05) is 31.0 Å². The van der Waals surface area contributed by atoms with Crippen molar-refractivity contribution in [2.24, 2.45) is 5.41 Å². The van der Waals surface area contributed by atoms with Gasteiger partial charge in [0.05, 0.1) is 0 Å². The number of likely N-dealkylation sites (tertiary alicyclic amines) is 1. The van der Waals surface area contributed by atoms with Crippen LogP contribution >= 0.6 is 11.8 Å². The first-order chi connectivity index (χ1) is 9.83. The minimum absolute atomic E-state index is 0.766. The molecule has 1 saturated carbocycles. The molecule has 108 valence electrons. The van der Waals surface area contributed by atoms with Crippen molar-refractivity contribution in [1.29, 1.82) is 0 Å². The summed E-state index contributed by atoms with van der Waals surface area (Å²) in [5, 5.41) is 0.796. The van der Waals surface area contributed by atoms with Gasteiger partial charge in [0.15, 0.2) is 0 Å². The van der Waals surface area contributed by atoms with Crippen LogP contribution in [0.15, 0.2) is 29.2 Å². The average Bonchev–Trinajstić information content (AvgIpc) is 3.08. The summed E-state index contributed by atoms with van der Waals surface area (Å²) in [6, 6.07) is 8.97. The minimum atomic E-state index is 0.766. The Morgan fingerprint density at radius 2 is 1.80 bits per heavy atom. The van der Waals surface area contributed by atoms with Gasteiger partial charge in [-0.3, -0.25) is 0 Å². The number of thioether (sulfide) groups is 1. The fraction of sp³-hybridized carbons (Fsp3) is 0.667. The zero-order valence-corrected chi connectivity index (χ0v) is 13.1. The molecule has 4 rings (SSSR count). The van der Waals surface area contributed by atoms with Gasteiger partial charge in [0.25, 0.3) is 0 Å². The van der Waals surface area contributed by atoms with E-state index >= 15 is 0 Å². The molecule has 0 amide bonds. The van der Waals surface area contributed by atoms with Crippen molar-refractivity contribution >= 4 is 11.8 Å². The molecule has 20 heavy (non-hydrogen) atoms. The number of hydrogen-bond donors (Lipinski definition) is 0. The Hall–Kier alpha value is -0.470. The van der Waals surface area contributed by atoms with E-state index in [1.807, 2.05) is 0 Å². The number of benzene rings is 1. The van der Waals surface area contributed by atoms with E-state index in [1.165, 1.54) is 69.5 Å². The van der Waals surface area contributed by atoms with E-state index in [0.717, 1.165) is 10.7 Å². The SMILES string of the molecule is c1ccc2c(c1)CC(CN1CCC3(CCCC3)CC1)S2. The molecule has 1 aliphatic carbocycles. The second-order valence-corrected chi connectivity index (χ2v) is 8.40. The van der Waals surface area contributed by atoms with Crippen molar-refractivity contribution in [1.82, 2.24) is 4.90 Å². The predicted molar refractivity (Wildman–Crippen MR) is 86.4 cm³/mol. The van der Waals surface area contributed by atoms with E-state index in [9.17, 15) is 0 Å². The third kappa shape index (κ3) is 2.53. The lowest BCUT2D eigenvalue weighted by atomic mass is 9.77. The second-order valence-electron chi connectivity index (χ2n) is 7.06. The highest BCUT2D eigenvalue weighted by atomic mass is 32.2. The van der Waals surface area contributed by atoms with Crippen LogP contribution in [0.2, 0.25) is 0 Å². The van der Waals surface area contributed by atoms with E-state index in [0.29, 0.717) is 0 Å². The van der Waals surface area contributed by atoms with E-state index in [2.05, 4.69) is 40.9 Å². The molecule has 1 unspecified atom stereocenters. The Balaban J connectivity index is 1.31. The van der Waals surface area contributed by atoms with Gasteiger partial charge in [-0.2, -0.15) is 0 Å².